The van der Waals surface area contributed by atoms with Gasteiger partial charge in [0.1, 0.15) is 28.1 Å². The highest BCUT2D eigenvalue weighted by Crippen LogP contribution is 2.46. The number of benzene rings is 1. The molecule has 1 aromatic rings. The van der Waals surface area contributed by atoms with Crippen molar-refractivity contribution in [2.24, 2.45) is 10.7 Å². The highest BCUT2D eigenvalue weighted by atomic mass is 32.2. The van der Waals surface area contributed by atoms with Gasteiger partial charge < -0.3 is 11.5 Å². The molecule has 3 rings (SSSR count). The van der Waals surface area contributed by atoms with Crippen molar-refractivity contribution >= 4 is 28.4 Å². The zero-order valence-corrected chi connectivity index (χ0v) is 12.9. The molecule has 1 aliphatic carbocycles. The molecule has 3 unspecified atom stereocenters. The van der Waals surface area contributed by atoms with E-state index in [9.17, 15) is 13.4 Å². The summed E-state index contributed by atoms with van der Waals surface area (Å²) in [6.45, 7) is 0. The standard InChI is InChI=1S/C14H17FN4O2S/c1-19-13(17)18-14(10-6-8(16)2-3-11(10)15)5-4-9(20)7-12(14)22(19)21/h2-3,6,12H,4-5,7,16H2,1H3,(H2,17,18). The number of rotatable bonds is 1. The topological polar surface area (TPSA) is 102 Å². The van der Waals surface area contributed by atoms with Gasteiger partial charge in [0, 0.05) is 31.1 Å². The van der Waals surface area contributed by atoms with Crippen LogP contribution in [0.15, 0.2) is 23.2 Å². The summed E-state index contributed by atoms with van der Waals surface area (Å²) in [6, 6.07) is 4.22. The van der Waals surface area contributed by atoms with Crippen molar-refractivity contribution in [1.29, 1.82) is 0 Å². The second-order valence-corrected chi connectivity index (χ2v) is 7.31. The first kappa shape index (κ1) is 15.0. The predicted octanol–water partition coefficient (Wildman–Crippen LogP) is 0.649. The van der Waals surface area contributed by atoms with Crippen molar-refractivity contribution < 1.29 is 13.4 Å². The van der Waals surface area contributed by atoms with Crippen LogP contribution >= 0.6 is 0 Å². The summed E-state index contributed by atoms with van der Waals surface area (Å²) in [5, 5.41) is -0.637. The summed E-state index contributed by atoms with van der Waals surface area (Å²) in [7, 11) is -0.00847. The first-order valence-electron chi connectivity index (χ1n) is 6.92. The molecular formula is C14H17FN4O2S. The van der Waals surface area contributed by atoms with Gasteiger partial charge in [0.15, 0.2) is 0 Å². The average molecular weight is 324 g/mol. The van der Waals surface area contributed by atoms with Crippen molar-refractivity contribution in [2.45, 2.75) is 30.1 Å². The van der Waals surface area contributed by atoms with Crippen LogP contribution in [0, 0.1) is 5.82 Å². The maximum absolute atomic E-state index is 14.4. The molecule has 1 aromatic carbocycles. The van der Waals surface area contributed by atoms with Crippen LogP contribution in [-0.4, -0.2) is 32.6 Å². The maximum Gasteiger partial charge on any atom is 0.204 e. The number of nitrogens with zero attached hydrogens (tertiary/aromatic N) is 2. The Morgan fingerprint density at radius 1 is 1.45 bits per heavy atom. The third-order valence-electron chi connectivity index (χ3n) is 4.34. The molecule has 3 atom stereocenters. The van der Waals surface area contributed by atoms with Gasteiger partial charge in [0.25, 0.3) is 0 Å². The Hall–Kier alpha value is -1.96. The molecule has 2 aliphatic rings. The van der Waals surface area contributed by atoms with Crippen LogP contribution in [0.1, 0.15) is 24.8 Å². The smallest absolute Gasteiger partial charge is 0.204 e. The molecule has 1 aliphatic heterocycles. The van der Waals surface area contributed by atoms with Crippen LogP contribution in [0.2, 0.25) is 0 Å². The molecule has 0 aromatic heterocycles. The number of carbonyl (C=O) groups is 1. The summed E-state index contributed by atoms with van der Waals surface area (Å²) in [5.41, 5.74) is 11.2. The molecule has 1 fully saturated rings. The lowest BCUT2D eigenvalue weighted by molar-refractivity contribution is -0.121. The molecule has 0 amide bonds. The van der Waals surface area contributed by atoms with Crippen LogP contribution in [-0.2, 0) is 21.3 Å². The Labute approximate surface area is 130 Å². The Bertz CT molecular complexity index is 708. The zero-order chi connectivity index (χ0) is 16.1. The molecule has 8 heteroatoms. The minimum atomic E-state index is -1.56. The van der Waals surface area contributed by atoms with Crippen LogP contribution in [0.25, 0.3) is 0 Å². The summed E-state index contributed by atoms with van der Waals surface area (Å²) in [4.78, 5) is 16.3. The minimum absolute atomic E-state index is 0.00218. The van der Waals surface area contributed by atoms with Crippen molar-refractivity contribution in [3.05, 3.63) is 29.6 Å². The van der Waals surface area contributed by atoms with Gasteiger partial charge in [-0.15, -0.1) is 0 Å². The number of halogens is 1. The van der Waals surface area contributed by atoms with E-state index in [-0.39, 0.29) is 36.6 Å². The summed E-state index contributed by atoms with van der Waals surface area (Å²) in [6.07, 6.45) is 0.613. The fourth-order valence-electron chi connectivity index (χ4n) is 3.14. The van der Waals surface area contributed by atoms with Crippen molar-refractivity contribution in [3.8, 4) is 0 Å². The molecule has 1 heterocycles. The fourth-order valence-corrected chi connectivity index (χ4v) is 4.70. The second-order valence-electron chi connectivity index (χ2n) is 5.64. The molecule has 0 bridgehead atoms. The zero-order valence-electron chi connectivity index (χ0n) is 12.1. The number of aliphatic imine (C=N–C) groups is 1. The number of nitrogen functional groups attached to an aromatic ring is 1. The quantitative estimate of drug-likeness (QED) is 0.740. The van der Waals surface area contributed by atoms with Gasteiger partial charge in [-0.2, -0.15) is 0 Å². The Morgan fingerprint density at radius 3 is 2.91 bits per heavy atom. The number of ketones is 1. The van der Waals surface area contributed by atoms with Crippen LogP contribution in [0.3, 0.4) is 0 Å². The molecule has 0 radical (unpaired) electrons. The average Bonchev–Trinajstić information content (AvgIpc) is 2.49. The number of carbonyl (C=O) groups excluding carboxylic acids is 1. The normalized spacial score (nSPS) is 31.6. The largest absolute Gasteiger partial charge is 0.399 e. The monoisotopic (exact) mass is 324 g/mol. The molecule has 118 valence electrons. The third kappa shape index (κ3) is 2.09. The SMILES string of the molecule is CN1C(N)=NC2(c3cc(N)ccc3F)CCC(=O)CC2S1=O. The number of fused-ring (bicyclic) bond motifs is 1. The third-order valence-corrected chi connectivity index (χ3v) is 6.11. The van der Waals surface area contributed by atoms with Crippen molar-refractivity contribution in [1.82, 2.24) is 4.31 Å². The van der Waals surface area contributed by atoms with Gasteiger partial charge in [-0.05, 0) is 24.6 Å². The molecule has 22 heavy (non-hydrogen) atoms. The van der Waals surface area contributed by atoms with Gasteiger partial charge in [0.2, 0.25) is 5.96 Å². The number of hydrogen-bond acceptors (Lipinski definition) is 5. The lowest BCUT2D eigenvalue weighted by atomic mass is 9.75. The lowest BCUT2D eigenvalue weighted by Crippen LogP contribution is -2.57. The molecule has 0 spiro atoms. The van der Waals surface area contributed by atoms with E-state index in [1.54, 1.807) is 7.05 Å². The Morgan fingerprint density at radius 2 is 2.18 bits per heavy atom. The van der Waals surface area contributed by atoms with E-state index in [0.29, 0.717) is 5.69 Å². The van der Waals surface area contributed by atoms with E-state index < -0.39 is 27.6 Å². The number of anilines is 1. The number of Topliss-reactive ketones (excluding diaryl/α,β-unsaturated/α-hetero) is 1. The maximum atomic E-state index is 14.4. The minimum Gasteiger partial charge on any atom is -0.399 e. The van der Waals surface area contributed by atoms with E-state index in [1.165, 1.54) is 22.5 Å². The van der Waals surface area contributed by atoms with E-state index in [0.717, 1.165) is 0 Å². The predicted molar refractivity (Wildman–Crippen MR) is 82.7 cm³/mol. The van der Waals surface area contributed by atoms with Gasteiger partial charge in [-0.3, -0.25) is 9.10 Å². The summed E-state index contributed by atoms with van der Waals surface area (Å²) < 4.78 is 28.4. The molecular weight excluding hydrogens is 307 g/mol. The van der Waals surface area contributed by atoms with Crippen molar-refractivity contribution in [2.75, 3.05) is 12.8 Å². The van der Waals surface area contributed by atoms with Gasteiger partial charge in [0.05, 0.1) is 5.25 Å². The van der Waals surface area contributed by atoms with E-state index in [4.69, 9.17) is 11.5 Å². The van der Waals surface area contributed by atoms with Crippen LogP contribution in [0.4, 0.5) is 10.1 Å². The molecule has 4 N–H and O–H groups in total. The van der Waals surface area contributed by atoms with Gasteiger partial charge >= 0.3 is 0 Å². The van der Waals surface area contributed by atoms with E-state index in [2.05, 4.69) is 4.99 Å². The molecule has 6 nitrogen and oxygen atoms in total. The van der Waals surface area contributed by atoms with Crippen LogP contribution in [0.5, 0.6) is 0 Å². The number of guanidine groups is 1. The van der Waals surface area contributed by atoms with Gasteiger partial charge in [-0.25, -0.2) is 13.6 Å². The number of nitrogens with two attached hydrogens (primary N) is 2. The van der Waals surface area contributed by atoms with Crippen molar-refractivity contribution in [3.63, 3.8) is 0 Å². The molecule has 1 saturated carbocycles. The Balaban J connectivity index is 2.24. The Kier molecular flexibility index (Phi) is 3.43. The fraction of sp³-hybridized carbons (Fsp3) is 0.429. The lowest BCUT2D eigenvalue weighted by Gasteiger charge is -2.45. The van der Waals surface area contributed by atoms with E-state index >= 15 is 0 Å². The highest BCUT2D eigenvalue weighted by molar-refractivity contribution is 7.84. The summed E-state index contributed by atoms with van der Waals surface area (Å²) in [5.74, 6) is -0.403. The first-order valence-corrected chi connectivity index (χ1v) is 8.09. The molecule has 0 saturated heterocycles. The summed E-state index contributed by atoms with van der Waals surface area (Å²) >= 11 is 0. The van der Waals surface area contributed by atoms with Crippen LogP contribution < -0.4 is 11.5 Å². The highest BCUT2D eigenvalue weighted by Gasteiger charge is 2.53. The number of hydrogen-bond donors (Lipinski definition) is 2. The first-order chi connectivity index (χ1) is 10.3. The van der Waals surface area contributed by atoms with E-state index in [1.807, 2.05) is 0 Å². The van der Waals surface area contributed by atoms with Gasteiger partial charge in [-0.1, -0.05) is 0 Å². The second kappa shape index (κ2) is 5.05.